The lowest BCUT2D eigenvalue weighted by Gasteiger charge is -2.38. The standard InChI is InChI=1S/C14H20FN3O/c1-2-5-18(12-7-17-8-12)9-11-6-10(14(16)19)3-4-13(11)15/h3-4,6,12,17H,2,5,7-9H2,1H3,(H2,16,19). The van der Waals surface area contributed by atoms with E-state index in [9.17, 15) is 9.18 Å². The highest BCUT2D eigenvalue weighted by Crippen LogP contribution is 2.16. The van der Waals surface area contributed by atoms with Crippen LogP contribution in [0.5, 0.6) is 0 Å². The molecule has 1 heterocycles. The quantitative estimate of drug-likeness (QED) is 0.810. The van der Waals surface area contributed by atoms with Crippen molar-refractivity contribution in [1.82, 2.24) is 10.2 Å². The number of nitrogens with two attached hydrogens (primary N) is 1. The maximum Gasteiger partial charge on any atom is 0.248 e. The smallest absolute Gasteiger partial charge is 0.248 e. The van der Waals surface area contributed by atoms with E-state index in [4.69, 9.17) is 5.73 Å². The molecule has 2 rings (SSSR count). The van der Waals surface area contributed by atoms with Gasteiger partial charge in [-0.05, 0) is 31.2 Å². The maximum atomic E-state index is 13.8. The van der Waals surface area contributed by atoms with E-state index in [2.05, 4.69) is 17.1 Å². The minimum atomic E-state index is -0.520. The molecule has 1 aromatic rings. The van der Waals surface area contributed by atoms with Crippen LogP contribution in [0, 0.1) is 5.82 Å². The molecule has 104 valence electrons. The topological polar surface area (TPSA) is 58.4 Å². The van der Waals surface area contributed by atoms with Gasteiger partial charge in [0.15, 0.2) is 0 Å². The van der Waals surface area contributed by atoms with Crippen LogP contribution in [0.3, 0.4) is 0 Å². The third-order valence-corrected chi connectivity index (χ3v) is 3.49. The van der Waals surface area contributed by atoms with Crippen molar-refractivity contribution in [1.29, 1.82) is 0 Å². The van der Waals surface area contributed by atoms with Crippen LogP contribution < -0.4 is 11.1 Å². The summed E-state index contributed by atoms with van der Waals surface area (Å²) in [6.07, 6.45) is 1.02. The summed E-state index contributed by atoms with van der Waals surface area (Å²) in [6.45, 7) is 5.43. The summed E-state index contributed by atoms with van der Waals surface area (Å²) in [4.78, 5) is 13.4. The van der Waals surface area contributed by atoms with Gasteiger partial charge in [-0.1, -0.05) is 6.92 Å². The normalized spacial score (nSPS) is 15.5. The highest BCUT2D eigenvalue weighted by atomic mass is 19.1. The molecule has 3 N–H and O–H groups in total. The second-order valence-corrected chi connectivity index (χ2v) is 4.95. The minimum absolute atomic E-state index is 0.279. The van der Waals surface area contributed by atoms with E-state index in [0.29, 0.717) is 23.7 Å². The SMILES string of the molecule is CCCN(Cc1cc(C(N)=O)ccc1F)C1CNC1. The molecular weight excluding hydrogens is 245 g/mol. The number of primary amides is 1. The van der Waals surface area contributed by atoms with E-state index < -0.39 is 5.91 Å². The Morgan fingerprint density at radius 2 is 2.26 bits per heavy atom. The Morgan fingerprint density at radius 3 is 2.79 bits per heavy atom. The molecule has 1 aliphatic rings. The molecule has 0 saturated carbocycles. The van der Waals surface area contributed by atoms with Gasteiger partial charge in [0.1, 0.15) is 5.82 Å². The summed E-state index contributed by atoms with van der Waals surface area (Å²) in [5.41, 5.74) is 6.13. The second kappa shape index (κ2) is 6.12. The van der Waals surface area contributed by atoms with Gasteiger partial charge in [-0.2, -0.15) is 0 Å². The van der Waals surface area contributed by atoms with Gasteiger partial charge in [0, 0.05) is 36.8 Å². The van der Waals surface area contributed by atoms with Crippen molar-refractivity contribution in [3.05, 3.63) is 35.1 Å². The van der Waals surface area contributed by atoms with E-state index in [-0.39, 0.29) is 5.82 Å². The number of nitrogens with zero attached hydrogens (tertiary/aromatic N) is 1. The number of hydrogen-bond donors (Lipinski definition) is 2. The molecule has 1 amide bonds. The number of hydrogen-bond acceptors (Lipinski definition) is 3. The number of carbonyl (C=O) groups is 1. The first-order chi connectivity index (χ1) is 9.11. The molecule has 1 aromatic carbocycles. The summed E-state index contributed by atoms with van der Waals surface area (Å²) in [5.74, 6) is -0.799. The fourth-order valence-electron chi connectivity index (χ4n) is 2.28. The zero-order chi connectivity index (χ0) is 13.8. The van der Waals surface area contributed by atoms with Gasteiger partial charge >= 0.3 is 0 Å². The minimum Gasteiger partial charge on any atom is -0.366 e. The first-order valence-corrected chi connectivity index (χ1v) is 6.64. The van der Waals surface area contributed by atoms with Crippen molar-refractivity contribution in [2.75, 3.05) is 19.6 Å². The van der Waals surface area contributed by atoms with Crippen molar-refractivity contribution in [3.8, 4) is 0 Å². The molecule has 5 heteroatoms. The average molecular weight is 265 g/mol. The first kappa shape index (κ1) is 14.0. The molecule has 1 fully saturated rings. The Kier molecular flexibility index (Phi) is 4.50. The van der Waals surface area contributed by atoms with Gasteiger partial charge in [0.25, 0.3) is 0 Å². The molecule has 0 atom stereocenters. The van der Waals surface area contributed by atoms with Crippen LogP contribution in [0.25, 0.3) is 0 Å². The fourth-order valence-corrected chi connectivity index (χ4v) is 2.28. The molecule has 0 aliphatic carbocycles. The summed E-state index contributed by atoms with van der Waals surface area (Å²) >= 11 is 0. The highest BCUT2D eigenvalue weighted by Gasteiger charge is 2.24. The van der Waals surface area contributed by atoms with Crippen molar-refractivity contribution in [2.45, 2.75) is 25.9 Å². The summed E-state index contributed by atoms with van der Waals surface area (Å²) in [5, 5.41) is 3.22. The van der Waals surface area contributed by atoms with E-state index in [1.54, 1.807) is 6.07 Å². The molecule has 0 unspecified atom stereocenters. The Labute approximate surface area is 112 Å². The predicted octanol–water partition coefficient (Wildman–Crippen LogP) is 1.11. The first-order valence-electron chi connectivity index (χ1n) is 6.64. The van der Waals surface area contributed by atoms with Gasteiger partial charge in [-0.15, -0.1) is 0 Å². The zero-order valence-electron chi connectivity index (χ0n) is 11.2. The van der Waals surface area contributed by atoms with Gasteiger partial charge in [0.05, 0.1) is 0 Å². The molecule has 0 radical (unpaired) electrons. The summed E-state index contributed by atoms with van der Waals surface area (Å²) < 4.78 is 13.8. The summed E-state index contributed by atoms with van der Waals surface area (Å²) in [7, 11) is 0. The van der Waals surface area contributed by atoms with Crippen LogP contribution in [-0.2, 0) is 6.54 Å². The number of halogens is 1. The van der Waals surface area contributed by atoms with Crippen LogP contribution in [0.15, 0.2) is 18.2 Å². The number of rotatable bonds is 6. The number of nitrogens with one attached hydrogen (secondary N) is 1. The second-order valence-electron chi connectivity index (χ2n) is 4.95. The average Bonchev–Trinajstić information content (AvgIpc) is 2.29. The molecule has 1 aliphatic heterocycles. The van der Waals surface area contributed by atoms with Gasteiger partial charge in [-0.3, -0.25) is 9.69 Å². The van der Waals surface area contributed by atoms with Crippen LogP contribution >= 0.6 is 0 Å². The molecule has 0 aromatic heterocycles. The lowest BCUT2D eigenvalue weighted by Crippen LogP contribution is -2.57. The Bertz CT molecular complexity index is 460. The Hall–Kier alpha value is -1.46. The van der Waals surface area contributed by atoms with Crippen LogP contribution in [0.1, 0.15) is 29.3 Å². The fraction of sp³-hybridized carbons (Fsp3) is 0.500. The molecule has 0 spiro atoms. The Morgan fingerprint density at radius 1 is 1.53 bits per heavy atom. The largest absolute Gasteiger partial charge is 0.366 e. The van der Waals surface area contributed by atoms with E-state index in [1.807, 2.05) is 0 Å². The summed E-state index contributed by atoms with van der Waals surface area (Å²) in [6, 6.07) is 4.76. The zero-order valence-corrected chi connectivity index (χ0v) is 11.2. The van der Waals surface area contributed by atoms with Gasteiger partial charge in [-0.25, -0.2) is 4.39 Å². The van der Waals surface area contributed by atoms with Crippen LogP contribution in [0.4, 0.5) is 4.39 Å². The third-order valence-electron chi connectivity index (χ3n) is 3.49. The molecular formula is C14H20FN3O. The van der Waals surface area contributed by atoms with Crippen molar-refractivity contribution in [2.24, 2.45) is 5.73 Å². The van der Waals surface area contributed by atoms with Gasteiger partial charge in [0.2, 0.25) is 5.91 Å². The van der Waals surface area contributed by atoms with Crippen LogP contribution in [0.2, 0.25) is 0 Å². The number of benzene rings is 1. The monoisotopic (exact) mass is 265 g/mol. The van der Waals surface area contributed by atoms with Gasteiger partial charge < -0.3 is 11.1 Å². The molecule has 19 heavy (non-hydrogen) atoms. The lowest BCUT2D eigenvalue weighted by molar-refractivity contribution is 0.0999. The van der Waals surface area contributed by atoms with E-state index in [0.717, 1.165) is 26.1 Å². The van der Waals surface area contributed by atoms with Crippen molar-refractivity contribution < 1.29 is 9.18 Å². The van der Waals surface area contributed by atoms with E-state index >= 15 is 0 Å². The van der Waals surface area contributed by atoms with Crippen molar-refractivity contribution >= 4 is 5.91 Å². The third kappa shape index (κ3) is 3.30. The molecule has 4 nitrogen and oxygen atoms in total. The Balaban J connectivity index is 2.15. The molecule has 1 saturated heterocycles. The van der Waals surface area contributed by atoms with E-state index in [1.165, 1.54) is 12.1 Å². The number of carbonyl (C=O) groups excluding carboxylic acids is 1. The van der Waals surface area contributed by atoms with Crippen LogP contribution in [-0.4, -0.2) is 36.5 Å². The molecule has 0 bridgehead atoms. The number of amides is 1. The highest BCUT2D eigenvalue weighted by molar-refractivity contribution is 5.92. The maximum absolute atomic E-state index is 13.8. The predicted molar refractivity (Wildman–Crippen MR) is 72.3 cm³/mol. The lowest BCUT2D eigenvalue weighted by atomic mass is 10.1. The van der Waals surface area contributed by atoms with Crippen molar-refractivity contribution in [3.63, 3.8) is 0 Å².